The Bertz CT molecular complexity index is 434. The van der Waals surface area contributed by atoms with Crippen molar-refractivity contribution in [1.82, 2.24) is 15.2 Å². The van der Waals surface area contributed by atoms with E-state index in [9.17, 15) is 4.79 Å². The Morgan fingerprint density at radius 2 is 2.05 bits per heavy atom. The van der Waals surface area contributed by atoms with Gasteiger partial charge < -0.3 is 15.0 Å². The summed E-state index contributed by atoms with van der Waals surface area (Å²) in [6.45, 7) is 2.76. The average molecular weight is 350 g/mol. The molecular weight excluding hydrogens is 325 g/mol. The van der Waals surface area contributed by atoms with Gasteiger partial charge in [0.25, 0.3) is 0 Å². The zero-order valence-corrected chi connectivity index (χ0v) is 14.7. The van der Waals surface area contributed by atoms with Gasteiger partial charge in [0.05, 0.1) is 24.3 Å². The lowest BCUT2D eigenvalue weighted by Gasteiger charge is -2.38. The quantitative estimate of drug-likeness (QED) is 0.881. The molecule has 22 heavy (non-hydrogen) atoms. The fourth-order valence-corrected chi connectivity index (χ4v) is 2.81. The molecule has 5 nitrogen and oxygen atoms in total. The maximum Gasteiger partial charge on any atom is 0.231 e. The van der Waals surface area contributed by atoms with Crippen LogP contribution in [0, 0.1) is 5.41 Å². The molecule has 2 rings (SSSR count). The first-order chi connectivity index (χ1) is 9.68. The number of rotatable bonds is 5. The summed E-state index contributed by atoms with van der Waals surface area (Å²) in [5.41, 5.74) is 0.522. The number of piperidine rings is 1. The van der Waals surface area contributed by atoms with Crippen LogP contribution in [0.3, 0.4) is 0 Å². The van der Waals surface area contributed by atoms with Crippen molar-refractivity contribution in [2.24, 2.45) is 5.41 Å². The molecule has 1 aromatic rings. The third-order valence-electron chi connectivity index (χ3n) is 3.91. The van der Waals surface area contributed by atoms with Gasteiger partial charge in [-0.15, -0.1) is 24.8 Å². The number of ether oxygens (including phenoxy) is 1. The molecule has 1 saturated heterocycles. The monoisotopic (exact) mass is 349 g/mol. The molecule has 1 amide bonds. The minimum atomic E-state index is -0.385. The van der Waals surface area contributed by atoms with Gasteiger partial charge in [-0.05, 0) is 38.1 Å². The summed E-state index contributed by atoms with van der Waals surface area (Å²) < 4.78 is 5.32. The van der Waals surface area contributed by atoms with E-state index in [-0.39, 0.29) is 36.1 Å². The van der Waals surface area contributed by atoms with E-state index >= 15 is 0 Å². The highest BCUT2D eigenvalue weighted by Crippen LogP contribution is 2.31. The molecule has 0 aromatic carbocycles. The Balaban J connectivity index is 0.00000220. The second-order valence-corrected chi connectivity index (χ2v) is 5.45. The van der Waals surface area contributed by atoms with Crippen molar-refractivity contribution < 1.29 is 9.53 Å². The summed E-state index contributed by atoms with van der Waals surface area (Å²) >= 11 is 0. The molecule has 126 valence electrons. The number of pyridine rings is 1. The number of carbonyl (C=O) groups is 1. The minimum absolute atomic E-state index is 0. The second-order valence-electron chi connectivity index (χ2n) is 5.45. The summed E-state index contributed by atoms with van der Waals surface area (Å²) in [7, 11) is 3.51. The highest BCUT2D eigenvalue weighted by Gasteiger charge is 2.41. The number of nitrogens with zero attached hydrogens (tertiary/aromatic N) is 2. The SMILES string of the molecule is COCC1(C(=O)N(C)Cc2ccccn2)CCNCC1.Cl.Cl. The summed E-state index contributed by atoms with van der Waals surface area (Å²) in [5, 5.41) is 3.30. The number of hydrogen-bond acceptors (Lipinski definition) is 4. The van der Waals surface area contributed by atoms with E-state index in [1.165, 1.54) is 0 Å². The number of hydrogen-bond donors (Lipinski definition) is 1. The first-order valence-corrected chi connectivity index (χ1v) is 7.03. The Labute approximate surface area is 144 Å². The van der Waals surface area contributed by atoms with Gasteiger partial charge in [0, 0.05) is 20.4 Å². The summed E-state index contributed by atoms with van der Waals surface area (Å²) in [6.07, 6.45) is 3.40. The fraction of sp³-hybridized carbons (Fsp3) is 0.600. The molecule has 0 aliphatic carbocycles. The van der Waals surface area contributed by atoms with Crippen molar-refractivity contribution in [3.8, 4) is 0 Å². The molecule has 0 radical (unpaired) electrons. The van der Waals surface area contributed by atoms with Gasteiger partial charge in [0.15, 0.2) is 0 Å². The van der Waals surface area contributed by atoms with Gasteiger partial charge in [-0.25, -0.2) is 0 Å². The first kappa shape index (κ1) is 21.1. The van der Waals surface area contributed by atoms with Gasteiger partial charge in [-0.3, -0.25) is 9.78 Å². The Morgan fingerprint density at radius 1 is 1.36 bits per heavy atom. The van der Waals surface area contributed by atoms with E-state index in [1.807, 2.05) is 25.2 Å². The van der Waals surface area contributed by atoms with Crippen LogP contribution in [0.4, 0.5) is 0 Å². The average Bonchev–Trinajstić information content (AvgIpc) is 2.48. The molecule has 1 aliphatic rings. The molecule has 1 fully saturated rings. The standard InChI is InChI=1S/C15H23N3O2.2ClH/c1-18(11-13-5-3-4-8-17-13)14(19)15(12-20-2)6-9-16-10-7-15;;/h3-5,8,16H,6-7,9-12H2,1-2H3;2*1H. The van der Waals surface area contributed by atoms with E-state index in [1.54, 1.807) is 18.2 Å². The Kier molecular flexibility index (Phi) is 9.60. The van der Waals surface area contributed by atoms with Crippen molar-refractivity contribution in [3.63, 3.8) is 0 Å². The second kappa shape index (κ2) is 10.0. The van der Waals surface area contributed by atoms with Gasteiger partial charge in [-0.2, -0.15) is 0 Å². The topological polar surface area (TPSA) is 54.5 Å². The Hall–Kier alpha value is -0.880. The van der Waals surface area contributed by atoms with Gasteiger partial charge in [-0.1, -0.05) is 6.07 Å². The van der Waals surface area contributed by atoms with Crippen molar-refractivity contribution in [2.45, 2.75) is 19.4 Å². The van der Waals surface area contributed by atoms with Crippen LogP contribution >= 0.6 is 24.8 Å². The summed E-state index contributed by atoms with van der Waals surface area (Å²) in [4.78, 5) is 18.9. The van der Waals surface area contributed by atoms with Gasteiger partial charge in [0.2, 0.25) is 5.91 Å². The van der Waals surface area contributed by atoms with E-state index in [0.717, 1.165) is 31.6 Å². The Morgan fingerprint density at radius 3 is 2.59 bits per heavy atom. The number of amides is 1. The number of carbonyl (C=O) groups excluding carboxylic acids is 1. The smallest absolute Gasteiger partial charge is 0.231 e. The molecule has 0 spiro atoms. The number of aromatic nitrogens is 1. The van der Waals surface area contributed by atoms with Crippen molar-refractivity contribution in [2.75, 3.05) is 33.9 Å². The summed E-state index contributed by atoms with van der Waals surface area (Å²) in [6, 6.07) is 5.76. The van der Waals surface area contributed by atoms with E-state index in [0.29, 0.717) is 13.2 Å². The lowest BCUT2D eigenvalue weighted by molar-refractivity contribution is -0.146. The van der Waals surface area contributed by atoms with Crippen LogP contribution in [0.2, 0.25) is 0 Å². The molecule has 0 unspecified atom stereocenters. The molecule has 0 atom stereocenters. The van der Waals surface area contributed by atoms with Crippen LogP contribution in [0.15, 0.2) is 24.4 Å². The van der Waals surface area contributed by atoms with Crippen LogP contribution in [-0.4, -0.2) is 49.6 Å². The number of nitrogens with one attached hydrogen (secondary N) is 1. The first-order valence-electron chi connectivity index (χ1n) is 7.03. The lowest BCUT2D eigenvalue weighted by Crippen LogP contribution is -2.50. The number of methoxy groups -OCH3 is 1. The highest BCUT2D eigenvalue weighted by molar-refractivity contribution is 5.85. The molecule has 1 N–H and O–H groups in total. The van der Waals surface area contributed by atoms with Crippen LogP contribution in [-0.2, 0) is 16.1 Å². The molecule has 1 aromatic heterocycles. The zero-order chi connectivity index (χ0) is 14.4. The largest absolute Gasteiger partial charge is 0.384 e. The maximum absolute atomic E-state index is 12.8. The van der Waals surface area contributed by atoms with Crippen LogP contribution in [0.25, 0.3) is 0 Å². The minimum Gasteiger partial charge on any atom is -0.384 e. The predicted octanol–water partition coefficient (Wildman–Crippen LogP) is 1.90. The normalized spacial score (nSPS) is 16.1. The third-order valence-corrected chi connectivity index (χ3v) is 3.91. The van der Waals surface area contributed by atoms with E-state index in [4.69, 9.17) is 4.74 Å². The van der Waals surface area contributed by atoms with Gasteiger partial charge in [0.1, 0.15) is 0 Å². The van der Waals surface area contributed by atoms with Crippen LogP contribution < -0.4 is 5.32 Å². The zero-order valence-electron chi connectivity index (χ0n) is 13.1. The lowest BCUT2D eigenvalue weighted by atomic mass is 9.78. The maximum atomic E-state index is 12.8. The fourth-order valence-electron chi connectivity index (χ4n) is 2.81. The summed E-state index contributed by atoms with van der Waals surface area (Å²) in [5.74, 6) is 0.159. The van der Waals surface area contributed by atoms with Crippen molar-refractivity contribution >= 4 is 30.7 Å². The van der Waals surface area contributed by atoms with Gasteiger partial charge >= 0.3 is 0 Å². The van der Waals surface area contributed by atoms with Crippen molar-refractivity contribution in [1.29, 1.82) is 0 Å². The van der Waals surface area contributed by atoms with Crippen LogP contribution in [0.5, 0.6) is 0 Å². The highest BCUT2D eigenvalue weighted by atomic mass is 35.5. The molecule has 7 heteroatoms. The predicted molar refractivity (Wildman–Crippen MR) is 91.6 cm³/mol. The third kappa shape index (κ3) is 5.09. The van der Waals surface area contributed by atoms with Crippen LogP contribution in [0.1, 0.15) is 18.5 Å². The van der Waals surface area contributed by atoms with Crippen molar-refractivity contribution in [3.05, 3.63) is 30.1 Å². The molecule has 1 aliphatic heterocycles. The molecular formula is C15H25Cl2N3O2. The molecule has 2 heterocycles. The van der Waals surface area contributed by atoms with E-state index < -0.39 is 0 Å². The number of halogens is 2. The molecule has 0 bridgehead atoms. The van der Waals surface area contributed by atoms with E-state index in [2.05, 4.69) is 10.3 Å². The molecule has 0 saturated carbocycles.